The molecule has 0 aromatic heterocycles. The number of rotatable bonds is 5. The van der Waals surface area contributed by atoms with E-state index < -0.39 is 23.0 Å². The van der Waals surface area contributed by atoms with Crippen LogP contribution in [0.15, 0.2) is 30.3 Å². The minimum Gasteiger partial charge on any atom is -0.497 e. The normalized spacial score (nSPS) is 14.0. The van der Waals surface area contributed by atoms with Gasteiger partial charge in [0.1, 0.15) is 29.0 Å². The van der Waals surface area contributed by atoms with E-state index in [9.17, 15) is 18.0 Å². The molecule has 0 fully saturated rings. The lowest BCUT2D eigenvalue weighted by Gasteiger charge is -2.17. The van der Waals surface area contributed by atoms with Crippen LogP contribution in [0, 0.1) is 17.5 Å². The fraction of sp³-hybridized carbons (Fsp3) is 0.211. The molecule has 0 saturated carbocycles. The average Bonchev–Trinajstić information content (AvgIpc) is 3.04. The highest BCUT2D eigenvalue weighted by Gasteiger charge is 2.29. The van der Waals surface area contributed by atoms with E-state index in [-0.39, 0.29) is 12.2 Å². The summed E-state index contributed by atoms with van der Waals surface area (Å²) in [5, 5.41) is 0. The second-order valence-electron chi connectivity index (χ2n) is 5.72. The van der Waals surface area contributed by atoms with Crippen molar-refractivity contribution in [3.8, 4) is 11.5 Å². The van der Waals surface area contributed by atoms with Crippen molar-refractivity contribution < 1.29 is 27.4 Å². The van der Waals surface area contributed by atoms with Crippen LogP contribution in [-0.2, 0) is 4.79 Å². The molecule has 2 aromatic rings. The Hall–Kier alpha value is -2.96. The van der Waals surface area contributed by atoms with Gasteiger partial charge in [0, 0.05) is 24.7 Å². The van der Waals surface area contributed by atoms with Crippen LogP contribution in [0.4, 0.5) is 13.2 Å². The van der Waals surface area contributed by atoms with Crippen molar-refractivity contribution in [1.82, 2.24) is 4.90 Å². The minimum absolute atomic E-state index is 0.0744. The molecule has 26 heavy (non-hydrogen) atoms. The molecular formula is C19H16F3NO3. The maximum atomic E-state index is 14.3. The van der Waals surface area contributed by atoms with Crippen LogP contribution < -0.4 is 9.47 Å². The number of hydrogen-bond donors (Lipinski definition) is 0. The van der Waals surface area contributed by atoms with E-state index >= 15 is 0 Å². The fourth-order valence-corrected chi connectivity index (χ4v) is 3.07. The van der Waals surface area contributed by atoms with E-state index in [2.05, 4.69) is 0 Å². The van der Waals surface area contributed by atoms with Gasteiger partial charge in [-0.1, -0.05) is 0 Å². The van der Waals surface area contributed by atoms with Gasteiger partial charge < -0.3 is 14.4 Å². The number of hydrogen-bond acceptors (Lipinski definition) is 3. The summed E-state index contributed by atoms with van der Waals surface area (Å²) in [6.45, 7) is 0.254. The number of ether oxygens (including phenoxy) is 2. The molecule has 7 heteroatoms. The van der Waals surface area contributed by atoms with Crippen LogP contribution in [0.2, 0.25) is 0 Å². The summed E-state index contributed by atoms with van der Waals surface area (Å²) in [5.74, 6) is -2.17. The van der Waals surface area contributed by atoms with Crippen LogP contribution in [0.3, 0.4) is 0 Å². The maximum Gasteiger partial charge on any atom is 0.214 e. The molecule has 136 valence electrons. The van der Waals surface area contributed by atoms with E-state index in [0.717, 1.165) is 0 Å². The summed E-state index contributed by atoms with van der Waals surface area (Å²) in [4.78, 5) is 12.6. The van der Waals surface area contributed by atoms with E-state index in [1.165, 1.54) is 19.1 Å². The zero-order chi connectivity index (χ0) is 18.8. The van der Waals surface area contributed by atoms with Gasteiger partial charge in [-0.25, -0.2) is 13.2 Å². The van der Waals surface area contributed by atoms with Gasteiger partial charge in [-0.2, -0.15) is 0 Å². The molecule has 0 bridgehead atoms. The number of carbonyl (C=O) groups is 1. The topological polar surface area (TPSA) is 38.8 Å². The average molecular weight is 363 g/mol. The van der Waals surface area contributed by atoms with E-state index in [1.54, 1.807) is 18.2 Å². The highest BCUT2D eigenvalue weighted by Crippen LogP contribution is 2.40. The van der Waals surface area contributed by atoms with Crippen LogP contribution in [0.1, 0.15) is 17.5 Å². The van der Waals surface area contributed by atoms with Crippen molar-refractivity contribution >= 4 is 17.7 Å². The highest BCUT2D eigenvalue weighted by atomic mass is 19.1. The molecular weight excluding hydrogens is 347 g/mol. The Morgan fingerprint density at radius 3 is 2.04 bits per heavy atom. The smallest absolute Gasteiger partial charge is 0.214 e. The lowest BCUT2D eigenvalue weighted by Crippen LogP contribution is -2.18. The lowest BCUT2D eigenvalue weighted by molar-refractivity contribution is -0.115. The Bertz CT molecular complexity index is 850. The second kappa shape index (κ2) is 7.11. The number of carbonyl (C=O) groups excluding carboxylic acids is 1. The van der Waals surface area contributed by atoms with Crippen molar-refractivity contribution in [3.05, 3.63) is 58.9 Å². The molecule has 1 heterocycles. The molecule has 0 spiro atoms. The Morgan fingerprint density at radius 2 is 1.54 bits per heavy atom. The predicted molar refractivity (Wildman–Crippen MR) is 90.1 cm³/mol. The first-order chi connectivity index (χ1) is 12.5. The zero-order valence-corrected chi connectivity index (χ0v) is 14.2. The number of amides is 1. The SMILES string of the molecule is COc1cc(OC)cc(C2=C(c3c(F)cc(F)cc3F)N(C=O)CC2)c1. The standard InChI is InChI=1S/C19H16F3NO3/c1-25-13-5-11(6-14(9-13)26-2)15-3-4-23(10-24)19(15)18-16(21)7-12(20)8-17(18)22/h5-10H,3-4H2,1-2H3. The van der Waals surface area contributed by atoms with Crippen LogP contribution >= 0.6 is 0 Å². The van der Waals surface area contributed by atoms with Crippen molar-refractivity contribution in [3.63, 3.8) is 0 Å². The van der Waals surface area contributed by atoms with Crippen LogP contribution in [0.25, 0.3) is 11.3 Å². The number of benzene rings is 2. The first kappa shape index (κ1) is 17.8. The Balaban J connectivity index is 2.27. The Kier molecular flexibility index (Phi) is 4.88. The van der Waals surface area contributed by atoms with Crippen molar-refractivity contribution in [2.24, 2.45) is 0 Å². The van der Waals surface area contributed by atoms with Gasteiger partial charge in [-0.3, -0.25) is 4.79 Å². The molecule has 1 aliphatic heterocycles. The van der Waals surface area contributed by atoms with Gasteiger partial charge in [0.2, 0.25) is 6.41 Å². The quantitative estimate of drug-likeness (QED) is 0.758. The number of halogens is 3. The Labute approximate surface area is 148 Å². The van der Waals surface area contributed by atoms with Crippen LogP contribution in [-0.4, -0.2) is 32.1 Å². The summed E-state index contributed by atoms with van der Waals surface area (Å²) in [5.41, 5.74) is 0.778. The molecule has 0 N–H and O–H groups in total. The molecule has 0 unspecified atom stereocenters. The van der Waals surface area contributed by atoms with E-state index in [1.807, 2.05) is 0 Å². The number of methoxy groups -OCH3 is 2. The predicted octanol–water partition coefficient (Wildman–Crippen LogP) is 3.85. The van der Waals surface area contributed by atoms with Gasteiger partial charge in [0.15, 0.2) is 0 Å². The first-order valence-corrected chi connectivity index (χ1v) is 7.82. The Morgan fingerprint density at radius 1 is 0.962 bits per heavy atom. The molecule has 2 aromatic carbocycles. The van der Waals surface area contributed by atoms with Gasteiger partial charge in [0.25, 0.3) is 0 Å². The minimum atomic E-state index is -1.07. The summed E-state index contributed by atoms with van der Waals surface area (Å²) in [7, 11) is 2.97. The highest BCUT2D eigenvalue weighted by molar-refractivity contribution is 5.96. The van der Waals surface area contributed by atoms with Gasteiger partial charge in [0.05, 0.1) is 25.5 Å². The van der Waals surface area contributed by atoms with E-state index in [0.29, 0.717) is 47.6 Å². The molecule has 4 nitrogen and oxygen atoms in total. The van der Waals surface area contributed by atoms with Gasteiger partial charge >= 0.3 is 0 Å². The van der Waals surface area contributed by atoms with E-state index in [4.69, 9.17) is 9.47 Å². The van der Waals surface area contributed by atoms with Crippen molar-refractivity contribution in [2.45, 2.75) is 6.42 Å². The maximum absolute atomic E-state index is 14.3. The van der Waals surface area contributed by atoms with Gasteiger partial charge in [-0.05, 0) is 29.7 Å². The third kappa shape index (κ3) is 3.12. The largest absolute Gasteiger partial charge is 0.497 e. The van der Waals surface area contributed by atoms with Crippen LogP contribution in [0.5, 0.6) is 11.5 Å². The molecule has 3 rings (SSSR count). The molecule has 0 atom stereocenters. The van der Waals surface area contributed by atoms with Gasteiger partial charge in [-0.15, -0.1) is 0 Å². The molecule has 1 aliphatic rings. The summed E-state index contributed by atoms with van der Waals surface area (Å²) in [6, 6.07) is 6.22. The summed E-state index contributed by atoms with van der Waals surface area (Å²) >= 11 is 0. The third-order valence-electron chi connectivity index (χ3n) is 4.25. The molecule has 0 saturated heterocycles. The van der Waals surface area contributed by atoms with Crippen molar-refractivity contribution in [2.75, 3.05) is 20.8 Å². The zero-order valence-electron chi connectivity index (χ0n) is 14.2. The monoisotopic (exact) mass is 363 g/mol. The molecule has 1 amide bonds. The molecule has 0 aliphatic carbocycles. The lowest BCUT2D eigenvalue weighted by atomic mass is 9.98. The summed E-state index contributed by atoms with van der Waals surface area (Å²) < 4.78 is 52.4. The summed E-state index contributed by atoms with van der Waals surface area (Å²) in [6.07, 6.45) is 0.878. The second-order valence-corrected chi connectivity index (χ2v) is 5.72. The third-order valence-corrected chi connectivity index (χ3v) is 4.25. The van der Waals surface area contributed by atoms with Crippen molar-refractivity contribution in [1.29, 1.82) is 0 Å². The molecule has 0 radical (unpaired) electrons. The number of nitrogens with zero attached hydrogens (tertiary/aromatic N) is 1. The fourth-order valence-electron chi connectivity index (χ4n) is 3.07. The first-order valence-electron chi connectivity index (χ1n) is 7.82.